The van der Waals surface area contributed by atoms with E-state index in [0.29, 0.717) is 12.0 Å². The quantitative estimate of drug-likeness (QED) is 0.242. The molecule has 0 aliphatic rings. The van der Waals surface area contributed by atoms with Crippen LogP contribution < -0.4 is 21.7 Å². The molecule has 11 heteroatoms. The zero-order valence-electron chi connectivity index (χ0n) is 16.0. The van der Waals surface area contributed by atoms with Gasteiger partial charge in [0, 0.05) is 6.42 Å². The van der Waals surface area contributed by atoms with Gasteiger partial charge in [-0.2, -0.15) is 11.8 Å². The highest BCUT2D eigenvalue weighted by Gasteiger charge is 2.21. The molecule has 0 saturated carbocycles. The molecule has 0 radical (unpaired) electrons. The minimum absolute atomic E-state index is 0.0132. The van der Waals surface area contributed by atoms with Crippen molar-refractivity contribution in [1.29, 1.82) is 0 Å². The molecule has 0 unspecified atom stereocenters. The lowest BCUT2D eigenvalue weighted by Crippen LogP contribution is -2.49. The predicted octanol–water partition coefficient (Wildman–Crippen LogP) is -1.18. The number of hydrogen-bond donors (Lipinski definition) is 6. The average molecular weight is 426 g/mol. The second-order valence-corrected chi connectivity index (χ2v) is 7.20. The summed E-state index contributed by atoms with van der Waals surface area (Å²) in [7, 11) is 0. The third-order valence-corrected chi connectivity index (χ3v) is 4.49. The molecule has 0 aliphatic heterocycles. The zero-order valence-corrected chi connectivity index (χ0v) is 16.8. The molecule has 0 bridgehead atoms. The molecule has 1 aromatic rings. The summed E-state index contributed by atoms with van der Waals surface area (Å²) in [5, 5.41) is 25.5. The summed E-state index contributed by atoms with van der Waals surface area (Å²) in [4.78, 5) is 46.7. The average Bonchev–Trinajstić information content (AvgIpc) is 2.69. The molecule has 0 spiro atoms. The van der Waals surface area contributed by atoms with Crippen molar-refractivity contribution in [3.8, 4) is 5.75 Å². The number of phenols is 1. The van der Waals surface area contributed by atoms with Crippen LogP contribution in [0, 0.1) is 0 Å². The first kappa shape index (κ1) is 24.2. The highest BCUT2D eigenvalue weighted by atomic mass is 32.2. The number of rotatable bonds is 12. The van der Waals surface area contributed by atoms with Gasteiger partial charge in [-0.1, -0.05) is 12.1 Å². The van der Waals surface area contributed by atoms with Crippen LogP contribution in [0.4, 0.5) is 0 Å². The minimum atomic E-state index is -1.23. The van der Waals surface area contributed by atoms with Crippen LogP contribution in [-0.2, 0) is 25.6 Å². The first-order valence-electron chi connectivity index (χ1n) is 8.82. The number of hydrogen-bond acceptors (Lipinski definition) is 7. The Morgan fingerprint density at radius 1 is 1.07 bits per heavy atom. The Bertz CT molecular complexity index is 713. The number of phenolic OH excluding ortho intramolecular Hbond substituents is 1. The first-order valence-corrected chi connectivity index (χ1v) is 10.2. The van der Waals surface area contributed by atoms with E-state index >= 15 is 0 Å². The number of nitrogens with two attached hydrogens (primary N) is 1. The number of carbonyl (C=O) groups excluding carboxylic acids is 3. The van der Waals surface area contributed by atoms with Gasteiger partial charge in [0.15, 0.2) is 0 Å². The summed E-state index contributed by atoms with van der Waals surface area (Å²) < 4.78 is 0. The van der Waals surface area contributed by atoms with E-state index in [9.17, 15) is 29.4 Å². The zero-order chi connectivity index (χ0) is 21.8. The molecule has 1 aromatic carbocycles. The van der Waals surface area contributed by atoms with E-state index in [4.69, 9.17) is 5.73 Å². The number of aromatic hydroxyl groups is 1. The summed E-state index contributed by atoms with van der Waals surface area (Å²) in [6.45, 7) is -0.776. The van der Waals surface area contributed by atoms with E-state index in [1.165, 1.54) is 12.1 Å². The van der Waals surface area contributed by atoms with Gasteiger partial charge in [-0.25, -0.2) is 4.79 Å². The Morgan fingerprint density at radius 2 is 1.69 bits per heavy atom. The fraction of sp³-hybridized carbons (Fsp3) is 0.444. The molecule has 2 atom stereocenters. The largest absolute Gasteiger partial charge is 0.508 e. The van der Waals surface area contributed by atoms with Gasteiger partial charge in [0.05, 0.1) is 19.1 Å². The van der Waals surface area contributed by atoms with Gasteiger partial charge < -0.3 is 31.9 Å². The van der Waals surface area contributed by atoms with Crippen LogP contribution in [-0.4, -0.2) is 71.1 Å². The topological polar surface area (TPSA) is 171 Å². The molecule has 10 nitrogen and oxygen atoms in total. The maximum absolute atomic E-state index is 11.9. The lowest BCUT2D eigenvalue weighted by atomic mass is 10.1. The number of aliphatic carboxylic acids is 1. The summed E-state index contributed by atoms with van der Waals surface area (Å²) >= 11 is 1.55. The van der Waals surface area contributed by atoms with Crippen LogP contribution in [0.15, 0.2) is 24.3 Å². The van der Waals surface area contributed by atoms with Gasteiger partial charge in [-0.05, 0) is 36.1 Å². The van der Waals surface area contributed by atoms with E-state index in [-0.39, 0.29) is 18.7 Å². The van der Waals surface area contributed by atoms with Crippen LogP contribution in [0.1, 0.15) is 12.0 Å². The van der Waals surface area contributed by atoms with Crippen molar-refractivity contribution in [1.82, 2.24) is 16.0 Å². The first-order chi connectivity index (χ1) is 13.7. The molecule has 160 valence electrons. The fourth-order valence-corrected chi connectivity index (χ4v) is 2.72. The second kappa shape index (κ2) is 12.6. The van der Waals surface area contributed by atoms with Crippen molar-refractivity contribution in [3.05, 3.63) is 29.8 Å². The van der Waals surface area contributed by atoms with Crippen molar-refractivity contribution in [2.75, 3.05) is 25.1 Å². The molecular formula is C18H26N4O6S. The normalized spacial score (nSPS) is 12.5. The highest BCUT2D eigenvalue weighted by molar-refractivity contribution is 7.98. The van der Waals surface area contributed by atoms with Crippen molar-refractivity contribution in [3.63, 3.8) is 0 Å². The van der Waals surface area contributed by atoms with Gasteiger partial charge in [-0.15, -0.1) is 0 Å². The van der Waals surface area contributed by atoms with Crippen LogP contribution >= 0.6 is 11.8 Å². The Balaban J connectivity index is 2.39. The Kier molecular flexibility index (Phi) is 10.6. The fourth-order valence-electron chi connectivity index (χ4n) is 2.23. The third-order valence-electron chi connectivity index (χ3n) is 3.85. The van der Waals surface area contributed by atoms with Crippen molar-refractivity contribution in [2.45, 2.75) is 24.9 Å². The number of carbonyl (C=O) groups is 4. The number of carboxylic acid groups (broad SMARTS) is 1. The molecule has 0 saturated heterocycles. The van der Waals surface area contributed by atoms with E-state index in [1.54, 1.807) is 23.9 Å². The van der Waals surface area contributed by atoms with Gasteiger partial charge in [0.1, 0.15) is 11.8 Å². The lowest BCUT2D eigenvalue weighted by molar-refractivity contribution is -0.141. The molecule has 7 N–H and O–H groups in total. The maximum Gasteiger partial charge on any atom is 0.326 e. The van der Waals surface area contributed by atoms with Gasteiger partial charge >= 0.3 is 5.97 Å². The highest BCUT2D eigenvalue weighted by Crippen LogP contribution is 2.11. The van der Waals surface area contributed by atoms with E-state index in [0.717, 1.165) is 5.75 Å². The molecule has 0 heterocycles. The summed E-state index contributed by atoms with van der Waals surface area (Å²) in [5.41, 5.74) is 6.29. The van der Waals surface area contributed by atoms with Gasteiger partial charge in [-0.3, -0.25) is 14.4 Å². The molecule has 29 heavy (non-hydrogen) atoms. The van der Waals surface area contributed by atoms with Crippen molar-refractivity contribution >= 4 is 35.5 Å². The smallest absolute Gasteiger partial charge is 0.326 e. The molecule has 0 fully saturated rings. The summed E-state index contributed by atoms with van der Waals surface area (Å²) in [6, 6.07) is 4.01. The molecule has 1 rings (SSSR count). The van der Waals surface area contributed by atoms with Gasteiger partial charge in [0.25, 0.3) is 0 Å². The molecular weight excluding hydrogens is 400 g/mol. The van der Waals surface area contributed by atoms with E-state index in [2.05, 4.69) is 16.0 Å². The minimum Gasteiger partial charge on any atom is -0.508 e. The Labute approximate surface area is 172 Å². The third kappa shape index (κ3) is 9.81. The Hall–Kier alpha value is -2.79. The SMILES string of the molecule is CSCC[C@H](N)C(=O)NCC(=O)NCC(=O)N[C@@H](Cc1ccc(O)cc1)C(=O)O. The van der Waals surface area contributed by atoms with E-state index in [1.807, 2.05) is 6.26 Å². The van der Waals surface area contributed by atoms with Crippen LogP contribution in [0.3, 0.4) is 0 Å². The summed E-state index contributed by atoms with van der Waals surface area (Å²) in [6.07, 6.45) is 2.39. The van der Waals surface area contributed by atoms with Crippen LogP contribution in [0.25, 0.3) is 0 Å². The summed E-state index contributed by atoms with van der Waals surface area (Å²) in [5.74, 6) is -2.22. The standard InChI is InChI=1S/C18H26N4O6S/c1-29-7-6-13(19)17(26)21-9-15(24)20-10-16(25)22-14(18(27)28)8-11-2-4-12(23)5-3-11/h2-5,13-14,23H,6-10,19H2,1H3,(H,20,24)(H,21,26)(H,22,25)(H,27,28)/t13-,14-/m0/s1. The predicted molar refractivity (Wildman–Crippen MR) is 108 cm³/mol. The number of amides is 3. The van der Waals surface area contributed by atoms with Crippen molar-refractivity contribution < 1.29 is 29.4 Å². The number of nitrogens with one attached hydrogen (secondary N) is 3. The van der Waals surface area contributed by atoms with Crippen molar-refractivity contribution in [2.24, 2.45) is 5.73 Å². The van der Waals surface area contributed by atoms with Crippen LogP contribution in [0.5, 0.6) is 5.75 Å². The number of benzene rings is 1. The monoisotopic (exact) mass is 426 g/mol. The number of carboxylic acids is 1. The molecule has 0 aromatic heterocycles. The Morgan fingerprint density at radius 3 is 2.28 bits per heavy atom. The van der Waals surface area contributed by atoms with Crippen LogP contribution in [0.2, 0.25) is 0 Å². The van der Waals surface area contributed by atoms with E-state index < -0.39 is 42.3 Å². The lowest BCUT2D eigenvalue weighted by Gasteiger charge is -2.15. The second-order valence-electron chi connectivity index (χ2n) is 6.21. The molecule has 3 amide bonds. The number of thioether (sulfide) groups is 1. The molecule has 0 aliphatic carbocycles. The maximum atomic E-state index is 11.9. The van der Waals surface area contributed by atoms with Gasteiger partial charge in [0.2, 0.25) is 17.7 Å².